The number of likely N-dealkylation sites (tertiary alicyclic amines) is 2. The fourth-order valence-electron chi connectivity index (χ4n) is 7.19. The summed E-state index contributed by atoms with van der Waals surface area (Å²) in [5.74, 6) is 0.979. The molecule has 0 saturated carbocycles. The van der Waals surface area contributed by atoms with Crippen molar-refractivity contribution in [2.45, 2.75) is 92.5 Å². The summed E-state index contributed by atoms with van der Waals surface area (Å²) in [5.41, 5.74) is 10.9. The molecule has 0 spiro atoms. The molecule has 2 aliphatic rings. The number of hydrogen-bond donors (Lipinski definition) is 3. The minimum absolute atomic E-state index is 0. The van der Waals surface area contributed by atoms with Gasteiger partial charge in [-0.15, -0.1) is 0 Å². The quantitative estimate of drug-likeness (QED) is 0.0312. The third-order valence-electron chi connectivity index (χ3n) is 10.6. The van der Waals surface area contributed by atoms with Crippen molar-refractivity contribution in [2.75, 3.05) is 32.0 Å². The summed E-state index contributed by atoms with van der Waals surface area (Å²) in [6, 6.07) is 22.8. The van der Waals surface area contributed by atoms with Crippen LogP contribution in [-0.4, -0.2) is 85.5 Å². The zero-order valence-corrected chi connectivity index (χ0v) is 52.9. The Morgan fingerprint density at radius 2 is 1.37 bits per heavy atom. The molecule has 0 radical (unpaired) electrons. The van der Waals surface area contributed by atoms with Crippen LogP contribution < -0.4 is 154 Å². The summed E-state index contributed by atoms with van der Waals surface area (Å²) in [4.78, 5) is 65.8. The van der Waals surface area contributed by atoms with E-state index in [1.165, 1.54) is 6.26 Å². The number of benzene rings is 2. The van der Waals surface area contributed by atoms with Crippen molar-refractivity contribution >= 4 is 36.1 Å². The van der Waals surface area contributed by atoms with Gasteiger partial charge in [-0.25, -0.2) is 18.9 Å². The second-order valence-electron chi connectivity index (χ2n) is 15.9. The molecule has 2 amide bonds. The number of rotatable bonds is 11. The number of aromatic amines is 2. The zero-order chi connectivity index (χ0) is 48.0. The number of amides is 2. The van der Waals surface area contributed by atoms with Crippen molar-refractivity contribution < 1.29 is 187 Å². The molecule has 68 heavy (non-hydrogen) atoms. The van der Waals surface area contributed by atoms with Gasteiger partial charge in [0.05, 0.1) is 48.5 Å². The predicted molar refractivity (Wildman–Crippen MR) is 243 cm³/mol. The van der Waals surface area contributed by atoms with E-state index >= 15 is 0 Å². The number of nitrogens with one attached hydrogen (secondary N) is 2. The van der Waals surface area contributed by atoms with Crippen LogP contribution in [-0.2, 0) is 46.6 Å². The molecule has 5 aromatic rings. The first kappa shape index (κ1) is 61.1. The van der Waals surface area contributed by atoms with Gasteiger partial charge in [0.2, 0.25) is 0 Å². The van der Waals surface area contributed by atoms with Crippen molar-refractivity contribution in [1.82, 2.24) is 34.6 Å². The molecule has 7 rings (SSSR count). The van der Waals surface area contributed by atoms with Crippen LogP contribution in [0.2, 0.25) is 0 Å². The normalized spacial score (nSPS) is 17.4. The topological polar surface area (TPSA) is 249 Å². The molecule has 2 saturated heterocycles. The van der Waals surface area contributed by atoms with Gasteiger partial charge in [0.15, 0.2) is 0 Å². The number of nitrogens with two attached hydrogens (primary N) is 1. The van der Waals surface area contributed by atoms with Crippen molar-refractivity contribution in [2.24, 2.45) is 11.8 Å². The molecule has 2 fully saturated rings. The van der Waals surface area contributed by atoms with Gasteiger partial charge in [0, 0.05) is 37.0 Å². The number of carbonyl (C=O) groups excluding carboxylic acids is 4. The largest absolute Gasteiger partial charge is 1.00 e. The number of ether oxygens (including phenoxy) is 4. The summed E-state index contributed by atoms with van der Waals surface area (Å²) in [6.45, 7) is 13.9. The first-order valence-electron chi connectivity index (χ1n) is 21.8. The molecular weight excluding hydrogens is 1120 g/mol. The minimum Gasteiger partial charge on any atom is -1.00 e. The van der Waals surface area contributed by atoms with Gasteiger partial charge < -0.3 is 41.2 Å². The van der Waals surface area contributed by atoms with Crippen LogP contribution in [0.5, 0.6) is 0 Å². The van der Waals surface area contributed by atoms with Gasteiger partial charge >= 0.3 is 156 Å². The number of aromatic nitrogens is 5. The fourth-order valence-corrected chi connectivity index (χ4v) is 7.19. The summed E-state index contributed by atoms with van der Waals surface area (Å²) >= 11 is 0. The van der Waals surface area contributed by atoms with Crippen LogP contribution in [0.3, 0.4) is 0 Å². The van der Waals surface area contributed by atoms with Crippen molar-refractivity contribution in [1.29, 1.82) is 0 Å². The Balaban J connectivity index is 0.000000524. The van der Waals surface area contributed by atoms with E-state index in [-0.39, 0.29) is 195 Å². The Hall–Kier alpha value is -3.05. The number of H-pyrrole nitrogens is 2. The second kappa shape index (κ2) is 32.8. The van der Waals surface area contributed by atoms with Gasteiger partial charge in [-0.3, -0.25) is 24.5 Å². The molecule has 4 atom stereocenters. The smallest absolute Gasteiger partial charge is 1.00 e. The summed E-state index contributed by atoms with van der Waals surface area (Å²) in [7, 11) is 0. The molecule has 0 bridgehead atoms. The third-order valence-corrected chi connectivity index (χ3v) is 10.6. The predicted octanol–water partition coefficient (Wildman–Crippen LogP) is 0.588. The van der Waals surface area contributed by atoms with E-state index in [1.54, 1.807) is 47.3 Å². The maximum atomic E-state index is 12.8. The third kappa shape index (κ3) is 20.0. The van der Waals surface area contributed by atoms with E-state index < -0.39 is 0 Å². The average molecular weight is 1180 g/mol. The van der Waals surface area contributed by atoms with E-state index in [0.29, 0.717) is 60.7 Å². The zero-order valence-electron chi connectivity index (χ0n) is 41.3. The number of aryl methyl sites for hydroxylation is 1. The molecule has 2 aromatic carbocycles. The Labute approximate surface area is 515 Å². The molecule has 0 unspecified atom stereocenters. The Bertz CT molecular complexity index is 2390. The van der Waals surface area contributed by atoms with Crippen molar-refractivity contribution in [3.05, 3.63) is 129 Å². The van der Waals surface area contributed by atoms with Crippen LogP contribution in [0.15, 0.2) is 95.6 Å². The van der Waals surface area contributed by atoms with Gasteiger partial charge in [0.1, 0.15) is 24.7 Å². The van der Waals surface area contributed by atoms with Crippen LogP contribution in [0, 0.1) is 18.8 Å². The van der Waals surface area contributed by atoms with Gasteiger partial charge in [-0.2, -0.15) is 10.2 Å². The van der Waals surface area contributed by atoms with Gasteiger partial charge in [-0.1, -0.05) is 74.5 Å². The molecule has 0 aliphatic carbocycles. The molecule has 5 heterocycles. The molecule has 21 heteroatoms. The standard InChI is InChI=1S/C21H24N4O3.C17H22N4O2.C8H14O3.CH2O3.2Cs.H/c1-14-8-9-18(17-10-19-22-20(26)15(2)12-25(19)23-17)24(11-14)21(27)28-13-16-6-4-3-5-7-16;1-12-7-8-15(14-9-16(18)20-19-14)21(10-12)17(22)23-11-13-5-3-2-4-6-13;1-4-10-6-7(3)8(9)11-5-2;2-1-4-3;;;/h3-7,10,12,14,18H,8-9,11,13H2,1-2H3,(H,22,26);2-6,9,12,15H,7-8,10-11H2,1H3,(H3,18,19,20);6H,4-5H2,1-3H3;1,3H;;;/q;;;;2*+1;-1/p-1/b;;7-6+;;;;/t14-,18-;12-,15-;;;;;/m00...../s1. The SMILES string of the molecule is CCO/C=C(\C)C(=O)OCC.C[C@H]1CC[C@@H](c2cc(N)n[nH]2)N(C(=O)OCc2ccccc2)C1.Cc1cn2nc([C@@H]3CC[C@H](C)CN3C(=O)OCc3ccccc3)cc2[nH]c1=O.O=CO[O-].[Cs+].[Cs+].[H-]. The van der Waals surface area contributed by atoms with Crippen LogP contribution >= 0.6 is 0 Å². The monoisotopic (exact) mass is 1180 g/mol. The van der Waals surface area contributed by atoms with Gasteiger partial charge in [-0.05, 0) is 76.3 Å². The Morgan fingerprint density at radius 3 is 1.85 bits per heavy atom. The minimum atomic E-state index is -0.331. The van der Waals surface area contributed by atoms with Crippen LogP contribution in [0.25, 0.3) is 5.65 Å². The number of anilines is 1. The number of nitrogens with zero attached hydrogens (tertiary/aromatic N) is 5. The first-order chi connectivity index (χ1) is 31.8. The number of fused-ring (bicyclic) bond motifs is 1. The molecule has 19 nitrogen and oxygen atoms in total. The van der Waals surface area contributed by atoms with E-state index in [2.05, 4.69) is 39.0 Å². The number of nitrogen functional groups attached to an aromatic ring is 1. The van der Waals surface area contributed by atoms with Crippen molar-refractivity contribution in [3.63, 3.8) is 0 Å². The Kier molecular flexibility index (Phi) is 29.4. The summed E-state index contributed by atoms with van der Waals surface area (Å²) in [5, 5.41) is 19.9. The number of esters is 1. The average Bonchev–Trinajstić information content (AvgIpc) is 3.95. The van der Waals surface area contributed by atoms with Crippen LogP contribution in [0.4, 0.5) is 15.4 Å². The maximum Gasteiger partial charge on any atom is 1.00 e. The second-order valence-corrected chi connectivity index (χ2v) is 15.9. The molecule has 2 aliphatic heterocycles. The molecule has 358 valence electrons. The number of piperidine rings is 2. The van der Waals surface area contributed by atoms with Crippen LogP contribution in [0.1, 0.15) is 102 Å². The molecular formula is C47H62Cs2N8O11. The number of carbonyl (C=O) groups is 4. The van der Waals surface area contributed by atoms with Crippen molar-refractivity contribution in [3.8, 4) is 0 Å². The van der Waals surface area contributed by atoms with E-state index in [1.807, 2.05) is 73.7 Å². The molecule has 3 aromatic heterocycles. The first-order valence-corrected chi connectivity index (χ1v) is 21.8. The number of hydrogen-bond acceptors (Lipinski definition) is 14. The molecule has 4 N–H and O–H groups in total. The van der Waals surface area contributed by atoms with E-state index in [0.717, 1.165) is 48.2 Å². The fraction of sp³-hybridized carbons (Fsp3) is 0.426. The summed E-state index contributed by atoms with van der Waals surface area (Å²) < 4.78 is 22.3. The van der Waals surface area contributed by atoms with E-state index in [4.69, 9.17) is 34.7 Å². The Morgan fingerprint density at radius 1 is 0.838 bits per heavy atom. The maximum absolute atomic E-state index is 12.8. The summed E-state index contributed by atoms with van der Waals surface area (Å²) in [6.07, 6.45) is 6.26. The van der Waals surface area contributed by atoms with E-state index in [9.17, 15) is 19.2 Å². The van der Waals surface area contributed by atoms with Gasteiger partial charge in [0.25, 0.3) is 12.0 Å².